The minimum absolute atomic E-state index is 1.13. The number of hydrogen-bond acceptors (Lipinski definition) is 6. The molecule has 0 heterocycles. The van der Waals surface area contributed by atoms with Gasteiger partial charge in [-0.2, -0.15) is 0 Å². The Kier molecular flexibility index (Phi) is 41.8. The van der Waals surface area contributed by atoms with E-state index in [-0.39, 0.29) is 0 Å². The second kappa shape index (κ2) is 32.3. The molecule has 0 N–H and O–H groups in total. The molecule has 0 aliphatic heterocycles. The zero-order valence-corrected chi connectivity index (χ0v) is 41.8. The summed E-state index contributed by atoms with van der Waals surface area (Å²) in [5, 5.41) is 0. The van der Waals surface area contributed by atoms with Gasteiger partial charge in [0, 0.05) is 42.7 Å². The summed E-state index contributed by atoms with van der Waals surface area (Å²) in [5.74, 6) is 0. The van der Waals surface area contributed by atoms with Crippen LogP contribution in [-0.2, 0) is 26.6 Å². The van der Waals surface area contributed by atoms with Crippen LogP contribution < -0.4 is 0 Å². The third kappa shape index (κ3) is 52.1. The Bertz CT molecular complexity index is 559. The summed E-state index contributed by atoms with van der Waals surface area (Å²) in [5.41, 5.74) is 0. The molecule has 0 amide bonds. The fraction of sp³-hybridized carbons (Fsp3) is 1.00. The van der Waals surface area contributed by atoms with E-state index in [9.17, 15) is 0 Å². The van der Waals surface area contributed by atoms with Crippen molar-refractivity contribution in [3.63, 3.8) is 0 Å². The van der Waals surface area contributed by atoms with Crippen molar-refractivity contribution in [3.05, 3.63) is 0 Å². The average Bonchev–Trinajstić information content (AvgIpc) is 2.98. The van der Waals surface area contributed by atoms with Gasteiger partial charge in [-0.3, -0.25) is 0 Å². The molecule has 0 aromatic heterocycles. The van der Waals surface area contributed by atoms with Crippen LogP contribution in [0.4, 0.5) is 0 Å². The molecule has 0 atom stereocenters. The van der Waals surface area contributed by atoms with E-state index in [1.807, 2.05) is 21.3 Å². The van der Waals surface area contributed by atoms with Crippen LogP contribution in [-0.4, -0.2) is 92.6 Å². The second-order valence-electron chi connectivity index (χ2n) is 15.2. The first kappa shape index (κ1) is 58.3. The maximum Gasteiger partial charge on any atom is 0.189 e. The molecule has 0 rings (SSSR count). The summed E-state index contributed by atoms with van der Waals surface area (Å²) in [6, 6.07) is 7.60. The second-order valence-corrected chi connectivity index (χ2v) is 42.5. The molecule has 0 spiro atoms. The van der Waals surface area contributed by atoms with Crippen molar-refractivity contribution >= 4 is 49.9 Å². The highest BCUT2D eigenvalue weighted by molar-refractivity contribution is 6.73. The van der Waals surface area contributed by atoms with Gasteiger partial charge >= 0.3 is 0 Å². The summed E-state index contributed by atoms with van der Waals surface area (Å²) >= 11 is 0. The Balaban J connectivity index is -0.000000102. The van der Waals surface area contributed by atoms with Gasteiger partial charge in [0.05, 0.1) is 0 Å². The average molecular weight is 752 g/mol. The van der Waals surface area contributed by atoms with Crippen molar-refractivity contribution in [2.75, 3.05) is 42.7 Å². The van der Waals surface area contributed by atoms with Crippen LogP contribution in [0.15, 0.2) is 0 Å². The minimum Gasteiger partial charge on any atom is -0.421 e. The molecular formula is C33H90O6Si6. The quantitative estimate of drug-likeness (QED) is 0.155. The van der Waals surface area contributed by atoms with Crippen LogP contribution in [0.1, 0.15) is 60.8 Å². The predicted octanol–water partition coefficient (Wildman–Crippen LogP) is 12.3. The van der Waals surface area contributed by atoms with Crippen LogP contribution in [0.25, 0.3) is 0 Å². The van der Waals surface area contributed by atoms with Crippen molar-refractivity contribution in [1.29, 1.82) is 0 Å². The molecule has 0 aliphatic carbocycles. The molecule has 0 unspecified atom stereocenters. The molecule has 0 saturated carbocycles. The highest BCUT2D eigenvalue weighted by atomic mass is 28.4. The Morgan fingerprint density at radius 1 is 0.311 bits per heavy atom. The van der Waals surface area contributed by atoms with Crippen LogP contribution in [0.5, 0.6) is 0 Å². The molecule has 0 aliphatic rings. The summed E-state index contributed by atoms with van der Waals surface area (Å²) in [4.78, 5) is 0. The van der Waals surface area contributed by atoms with Gasteiger partial charge in [-0.05, 0) is 115 Å². The van der Waals surface area contributed by atoms with E-state index in [2.05, 4.69) is 120 Å². The smallest absolute Gasteiger partial charge is 0.189 e. The fourth-order valence-corrected chi connectivity index (χ4v) is 8.32. The van der Waals surface area contributed by atoms with Gasteiger partial charge in [0.25, 0.3) is 0 Å². The highest BCUT2D eigenvalue weighted by Crippen LogP contribution is 2.19. The van der Waals surface area contributed by atoms with Crippen molar-refractivity contribution in [1.82, 2.24) is 0 Å². The SMILES string of the molecule is CCC[Si](C)(C)OC.CCC[Si](C)(CCC)OC.CC[Si](C)(C)OC.CC[Si](C)(CC)OC.CO[Si](C)(C)C.CO[Si](C)(C)C. The monoisotopic (exact) mass is 751 g/mol. The Morgan fingerprint density at radius 2 is 0.578 bits per heavy atom. The van der Waals surface area contributed by atoms with Gasteiger partial charge < -0.3 is 26.6 Å². The van der Waals surface area contributed by atoms with Crippen LogP contribution >= 0.6 is 0 Å². The first-order valence-electron chi connectivity index (χ1n) is 17.5. The highest BCUT2D eigenvalue weighted by Gasteiger charge is 2.24. The fourth-order valence-electron chi connectivity index (χ4n) is 2.77. The molecule has 0 aromatic carbocycles. The Morgan fingerprint density at radius 3 is 0.644 bits per heavy atom. The molecule has 0 fully saturated rings. The summed E-state index contributed by atoms with van der Waals surface area (Å²) < 4.78 is 31.6. The lowest BCUT2D eigenvalue weighted by Crippen LogP contribution is -2.32. The van der Waals surface area contributed by atoms with Crippen molar-refractivity contribution in [2.45, 2.75) is 176 Å². The van der Waals surface area contributed by atoms with E-state index in [0.717, 1.165) is 0 Å². The van der Waals surface area contributed by atoms with Crippen molar-refractivity contribution < 1.29 is 26.6 Å². The Labute approximate surface area is 293 Å². The zero-order chi connectivity index (χ0) is 37.6. The molecular weight excluding hydrogens is 661 g/mol. The zero-order valence-electron chi connectivity index (χ0n) is 35.8. The van der Waals surface area contributed by atoms with E-state index in [1.165, 1.54) is 55.5 Å². The summed E-state index contributed by atoms with van der Waals surface area (Å²) in [7, 11) is 3.88. The topological polar surface area (TPSA) is 55.4 Å². The maximum absolute atomic E-state index is 5.56. The first-order valence-corrected chi connectivity index (χ1v) is 36.2. The van der Waals surface area contributed by atoms with E-state index in [4.69, 9.17) is 26.6 Å². The lowest BCUT2D eigenvalue weighted by Gasteiger charge is -2.23. The van der Waals surface area contributed by atoms with E-state index in [0.29, 0.717) is 0 Å². The van der Waals surface area contributed by atoms with E-state index in [1.54, 1.807) is 21.3 Å². The van der Waals surface area contributed by atoms with Gasteiger partial charge in [-0.15, -0.1) is 0 Å². The predicted molar refractivity (Wildman–Crippen MR) is 224 cm³/mol. The minimum atomic E-state index is -1.22. The Hall–Kier alpha value is 1.06. The third-order valence-corrected chi connectivity index (χ3v) is 24.2. The van der Waals surface area contributed by atoms with Gasteiger partial charge in [-0.1, -0.05) is 60.8 Å². The largest absolute Gasteiger partial charge is 0.421 e. The summed E-state index contributed by atoms with van der Waals surface area (Å²) in [6.07, 6.45) is 3.81. The van der Waals surface area contributed by atoms with Crippen LogP contribution in [0.2, 0.25) is 115 Å². The maximum atomic E-state index is 5.56. The van der Waals surface area contributed by atoms with E-state index >= 15 is 0 Å². The van der Waals surface area contributed by atoms with Gasteiger partial charge in [-0.25, -0.2) is 0 Å². The van der Waals surface area contributed by atoms with E-state index < -0.39 is 49.9 Å². The molecule has 45 heavy (non-hydrogen) atoms. The number of hydrogen-bond donors (Lipinski definition) is 0. The molecule has 6 nitrogen and oxygen atoms in total. The molecule has 12 heteroatoms. The lowest BCUT2D eigenvalue weighted by atomic mass is 10.6. The van der Waals surface area contributed by atoms with Gasteiger partial charge in [0.15, 0.2) is 49.9 Å². The molecule has 0 aromatic rings. The molecule has 0 bridgehead atoms. The van der Waals surface area contributed by atoms with Crippen molar-refractivity contribution in [3.8, 4) is 0 Å². The lowest BCUT2D eigenvalue weighted by molar-refractivity contribution is 0.394. The van der Waals surface area contributed by atoms with Gasteiger partial charge in [0.2, 0.25) is 0 Å². The molecule has 282 valence electrons. The molecule has 0 saturated heterocycles. The van der Waals surface area contributed by atoms with Crippen LogP contribution in [0.3, 0.4) is 0 Å². The van der Waals surface area contributed by atoms with Gasteiger partial charge in [0.1, 0.15) is 0 Å². The summed E-state index contributed by atoms with van der Waals surface area (Å²) in [6.45, 7) is 39.8. The van der Waals surface area contributed by atoms with Crippen molar-refractivity contribution in [2.24, 2.45) is 0 Å². The first-order chi connectivity index (χ1) is 20.2. The third-order valence-electron chi connectivity index (χ3n) is 8.07. The normalized spacial score (nSPS) is 12.0. The molecule has 0 radical (unpaired) electrons. The standard InChI is InChI=1S/C8H20OSi.2C6H16OSi.C5H14OSi.2C4H12OSi/c1-5-7-10(4,9-3)8-6-2;1-5-6-8(3,4)7-2;1-5-8(4,6-2)7-3;1-5-7(3,4)6-2;2*1-5-6(2,3)4/h5-8H2,1-4H3;2*5-6H2,1-4H3;5H2,1-4H3;2*1-4H3. The number of rotatable bonds is 15. The van der Waals surface area contributed by atoms with Crippen LogP contribution in [0, 0.1) is 0 Å².